The minimum atomic E-state index is -0.487. The minimum absolute atomic E-state index is 0.0792. The number of aromatic hydroxyl groups is 1. The van der Waals surface area contributed by atoms with Crippen LogP contribution in [0.2, 0.25) is 5.02 Å². The first-order valence-corrected chi connectivity index (χ1v) is 7.07. The fourth-order valence-electron chi connectivity index (χ4n) is 1.81. The number of halogens is 1. The van der Waals surface area contributed by atoms with E-state index in [2.05, 4.69) is 10.6 Å². The minimum Gasteiger partial charge on any atom is -0.507 e. The number of rotatable bonds is 4. The zero-order valence-corrected chi connectivity index (χ0v) is 12.6. The quantitative estimate of drug-likeness (QED) is 0.805. The third-order valence-electron chi connectivity index (χ3n) is 2.93. The van der Waals surface area contributed by atoms with Gasteiger partial charge in [-0.2, -0.15) is 0 Å². The maximum Gasteiger partial charge on any atom is 0.259 e. The van der Waals surface area contributed by atoms with Crippen molar-refractivity contribution in [2.75, 3.05) is 10.6 Å². The van der Waals surface area contributed by atoms with Crippen LogP contribution in [0.1, 0.15) is 23.7 Å². The van der Waals surface area contributed by atoms with Crippen molar-refractivity contribution in [2.24, 2.45) is 0 Å². The first kappa shape index (κ1) is 15.9. The van der Waals surface area contributed by atoms with Gasteiger partial charge in [0, 0.05) is 22.8 Å². The lowest BCUT2D eigenvalue weighted by atomic mass is 10.2. The van der Waals surface area contributed by atoms with Crippen molar-refractivity contribution in [3.05, 3.63) is 53.1 Å². The first-order chi connectivity index (χ1) is 10.5. The van der Waals surface area contributed by atoms with Gasteiger partial charge in [-0.05, 0) is 36.4 Å². The molecule has 5 nitrogen and oxygen atoms in total. The average molecular weight is 319 g/mol. The van der Waals surface area contributed by atoms with E-state index in [0.29, 0.717) is 22.8 Å². The molecule has 0 spiro atoms. The molecule has 2 aromatic rings. The largest absolute Gasteiger partial charge is 0.507 e. The highest BCUT2D eigenvalue weighted by Crippen LogP contribution is 2.23. The van der Waals surface area contributed by atoms with E-state index >= 15 is 0 Å². The second-order valence-corrected chi connectivity index (χ2v) is 5.03. The summed E-state index contributed by atoms with van der Waals surface area (Å²) in [6.07, 6.45) is 0.368. The Kier molecular flexibility index (Phi) is 5.01. The Morgan fingerprint density at radius 3 is 2.45 bits per heavy atom. The predicted molar refractivity (Wildman–Crippen MR) is 86.4 cm³/mol. The maximum atomic E-state index is 12.2. The fraction of sp³-hybridized carbons (Fsp3) is 0.125. The number of anilines is 2. The molecule has 0 saturated carbocycles. The SMILES string of the molecule is CCC(=O)Nc1cccc(NC(=O)c2cc(Cl)ccc2O)c1. The van der Waals surface area contributed by atoms with Crippen LogP contribution in [0.3, 0.4) is 0 Å². The number of amides is 2. The summed E-state index contributed by atoms with van der Waals surface area (Å²) in [6, 6.07) is 11.0. The van der Waals surface area contributed by atoms with Gasteiger partial charge in [0.05, 0.1) is 5.56 Å². The van der Waals surface area contributed by atoms with E-state index in [-0.39, 0.29) is 17.2 Å². The van der Waals surface area contributed by atoms with Gasteiger partial charge in [0.15, 0.2) is 0 Å². The molecule has 0 radical (unpaired) electrons. The lowest BCUT2D eigenvalue weighted by molar-refractivity contribution is -0.115. The van der Waals surface area contributed by atoms with Gasteiger partial charge in [-0.1, -0.05) is 24.6 Å². The van der Waals surface area contributed by atoms with E-state index in [1.807, 2.05) is 0 Å². The maximum absolute atomic E-state index is 12.2. The number of hydrogen-bond donors (Lipinski definition) is 3. The van der Waals surface area contributed by atoms with Crippen molar-refractivity contribution in [3.63, 3.8) is 0 Å². The Hall–Kier alpha value is -2.53. The Balaban J connectivity index is 2.16. The number of hydrogen-bond acceptors (Lipinski definition) is 3. The lowest BCUT2D eigenvalue weighted by Gasteiger charge is -2.09. The van der Waals surface area contributed by atoms with Gasteiger partial charge < -0.3 is 15.7 Å². The molecule has 22 heavy (non-hydrogen) atoms. The van der Waals surface area contributed by atoms with E-state index in [0.717, 1.165) is 0 Å². The van der Waals surface area contributed by atoms with Crippen LogP contribution in [0.4, 0.5) is 11.4 Å². The summed E-state index contributed by atoms with van der Waals surface area (Å²) >= 11 is 5.82. The summed E-state index contributed by atoms with van der Waals surface area (Å²) in [4.78, 5) is 23.5. The average Bonchev–Trinajstić information content (AvgIpc) is 2.49. The van der Waals surface area contributed by atoms with Crippen LogP contribution in [0.5, 0.6) is 5.75 Å². The van der Waals surface area contributed by atoms with Crippen LogP contribution >= 0.6 is 11.6 Å². The summed E-state index contributed by atoms with van der Waals surface area (Å²) in [5.41, 5.74) is 1.16. The normalized spacial score (nSPS) is 10.1. The van der Waals surface area contributed by atoms with Gasteiger partial charge in [0.25, 0.3) is 5.91 Å². The number of phenolic OH excluding ortho intramolecular Hbond substituents is 1. The van der Waals surface area contributed by atoms with Crippen molar-refractivity contribution < 1.29 is 14.7 Å². The molecule has 0 heterocycles. The number of phenols is 1. The van der Waals surface area contributed by atoms with Crippen molar-refractivity contribution in [3.8, 4) is 5.75 Å². The topological polar surface area (TPSA) is 78.4 Å². The molecule has 0 bridgehead atoms. The molecule has 2 amide bonds. The predicted octanol–water partition coefficient (Wildman–Crippen LogP) is 3.65. The number of carbonyl (C=O) groups excluding carboxylic acids is 2. The smallest absolute Gasteiger partial charge is 0.259 e. The zero-order valence-electron chi connectivity index (χ0n) is 11.9. The third-order valence-corrected chi connectivity index (χ3v) is 3.16. The molecule has 6 heteroatoms. The molecule has 0 aromatic heterocycles. The zero-order chi connectivity index (χ0) is 16.1. The fourth-order valence-corrected chi connectivity index (χ4v) is 1.98. The molecule has 0 atom stereocenters. The highest BCUT2D eigenvalue weighted by atomic mass is 35.5. The summed E-state index contributed by atoms with van der Waals surface area (Å²) in [5, 5.41) is 15.4. The molecule has 0 aliphatic rings. The molecule has 3 N–H and O–H groups in total. The molecular weight excluding hydrogens is 304 g/mol. The van der Waals surface area contributed by atoms with Gasteiger partial charge in [0.1, 0.15) is 5.75 Å². The molecule has 2 rings (SSSR count). The van der Waals surface area contributed by atoms with Crippen molar-refractivity contribution in [1.29, 1.82) is 0 Å². The Morgan fingerprint density at radius 2 is 1.77 bits per heavy atom. The molecule has 114 valence electrons. The van der Waals surface area contributed by atoms with Gasteiger partial charge in [-0.15, -0.1) is 0 Å². The van der Waals surface area contributed by atoms with Crippen LogP contribution in [0, 0.1) is 0 Å². The molecule has 0 aliphatic carbocycles. The standard InChI is InChI=1S/C16H15ClN2O3/c1-2-15(21)18-11-4-3-5-12(9-11)19-16(22)13-8-10(17)6-7-14(13)20/h3-9,20H,2H2,1H3,(H,18,21)(H,19,22). The Labute approximate surface area is 132 Å². The van der Waals surface area contributed by atoms with E-state index in [9.17, 15) is 14.7 Å². The van der Waals surface area contributed by atoms with Crippen LogP contribution in [-0.4, -0.2) is 16.9 Å². The molecule has 0 saturated heterocycles. The van der Waals surface area contributed by atoms with E-state index in [1.54, 1.807) is 31.2 Å². The number of benzene rings is 2. The Morgan fingerprint density at radius 1 is 1.09 bits per heavy atom. The van der Waals surface area contributed by atoms with Crippen LogP contribution in [0.15, 0.2) is 42.5 Å². The Bertz CT molecular complexity index is 716. The molecule has 2 aromatic carbocycles. The van der Waals surface area contributed by atoms with Gasteiger partial charge in [-0.3, -0.25) is 9.59 Å². The van der Waals surface area contributed by atoms with E-state index in [4.69, 9.17) is 11.6 Å². The van der Waals surface area contributed by atoms with Crippen molar-refractivity contribution in [1.82, 2.24) is 0 Å². The van der Waals surface area contributed by atoms with Crippen molar-refractivity contribution >= 4 is 34.8 Å². The van der Waals surface area contributed by atoms with E-state index < -0.39 is 5.91 Å². The van der Waals surface area contributed by atoms with Crippen LogP contribution in [0.25, 0.3) is 0 Å². The highest BCUT2D eigenvalue weighted by Gasteiger charge is 2.12. The molecule has 0 fully saturated rings. The summed E-state index contributed by atoms with van der Waals surface area (Å²) in [5.74, 6) is -0.757. The molecule has 0 unspecified atom stereocenters. The monoisotopic (exact) mass is 318 g/mol. The first-order valence-electron chi connectivity index (χ1n) is 6.69. The number of nitrogens with one attached hydrogen (secondary N) is 2. The lowest BCUT2D eigenvalue weighted by Crippen LogP contribution is -2.13. The second-order valence-electron chi connectivity index (χ2n) is 4.60. The third kappa shape index (κ3) is 3.99. The highest BCUT2D eigenvalue weighted by molar-refractivity contribution is 6.31. The number of carbonyl (C=O) groups is 2. The van der Waals surface area contributed by atoms with Gasteiger partial charge >= 0.3 is 0 Å². The van der Waals surface area contributed by atoms with Gasteiger partial charge in [-0.25, -0.2) is 0 Å². The summed E-state index contributed by atoms with van der Waals surface area (Å²) in [6.45, 7) is 1.75. The molecular formula is C16H15ClN2O3. The van der Waals surface area contributed by atoms with Crippen LogP contribution < -0.4 is 10.6 Å². The van der Waals surface area contributed by atoms with E-state index in [1.165, 1.54) is 18.2 Å². The van der Waals surface area contributed by atoms with Crippen molar-refractivity contribution in [2.45, 2.75) is 13.3 Å². The summed E-state index contributed by atoms with van der Waals surface area (Å²) in [7, 11) is 0. The summed E-state index contributed by atoms with van der Waals surface area (Å²) < 4.78 is 0. The van der Waals surface area contributed by atoms with Gasteiger partial charge in [0.2, 0.25) is 5.91 Å². The molecule has 0 aliphatic heterocycles. The van der Waals surface area contributed by atoms with Crippen LogP contribution in [-0.2, 0) is 4.79 Å². The second kappa shape index (κ2) is 6.95.